The highest BCUT2D eigenvalue weighted by Crippen LogP contribution is 2.26. The summed E-state index contributed by atoms with van der Waals surface area (Å²) in [4.78, 5) is 12.4. The van der Waals surface area contributed by atoms with Gasteiger partial charge >= 0.3 is 0 Å². The molecule has 20 heavy (non-hydrogen) atoms. The summed E-state index contributed by atoms with van der Waals surface area (Å²) in [5.74, 6) is -0.382. The van der Waals surface area contributed by atoms with Crippen LogP contribution in [0.3, 0.4) is 0 Å². The number of nitrogens with one attached hydrogen (secondary N) is 1. The maximum atomic E-state index is 13.1. The van der Waals surface area contributed by atoms with E-state index in [4.69, 9.17) is 10.9 Å². The number of hydrogen-bond donors (Lipinski definition) is 3. The normalized spacial score (nSPS) is 11.8. The number of nitrogens with zero attached hydrogens (tertiary/aromatic N) is 1. The minimum Gasteiger partial charge on any atom is -0.409 e. The monoisotopic (exact) mass is 295 g/mol. The lowest BCUT2D eigenvalue weighted by atomic mass is 10.2. The van der Waals surface area contributed by atoms with Crippen LogP contribution in [0.25, 0.3) is 10.1 Å². The Hall–Kier alpha value is -2.15. The fraction of sp³-hybridized carbons (Fsp3) is 0.231. The van der Waals surface area contributed by atoms with Gasteiger partial charge in [-0.2, -0.15) is 0 Å². The topological polar surface area (TPSA) is 87.7 Å². The Morgan fingerprint density at radius 3 is 3.00 bits per heavy atom. The molecule has 2 rings (SSSR count). The quantitative estimate of drug-likeness (QED) is 0.260. The molecule has 4 N–H and O–H groups in total. The number of halogens is 1. The Morgan fingerprint density at radius 1 is 1.45 bits per heavy atom. The Balaban J connectivity index is 1.94. The van der Waals surface area contributed by atoms with Gasteiger partial charge in [-0.05, 0) is 30.0 Å². The number of nitrogens with two attached hydrogens (primary N) is 1. The van der Waals surface area contributed by atoms with E-state index in [2.05, 4.69) is 10.5 Å². The lowest BCUT2D eigenvalue weighted by Gasteiger charge is -2.02. The summed E-state index contributed by atoms with van der Waals surface area (Å²) in [6, 6.07) is 6.16. The second kappa shape index (κ2) is 6.33. The molecular weight excluding hydrogens is 281 g/mol. The molecule has 0 saturated heterocycles. The molecule has 1 amide bonds. The SMILES string of the molecule is N/C(CCCNC(=O)c1cc2ccc(F)cc2s1)=N/O. The molecule has 1 aromatic carbocycles. The van der Waals surface area contributed by atoms with Gasteiger partial charge in [0.1, 0.15) is 11.7 Å². The molecule has 0 spiro atoms. The molecule has 7 heteroatoms. The molecule has 2 aromatic rings. The highest BCUT2D eigenvalue weighted by molar-refractivity contribution is 7.20. The Bertz CT molecular complexity index is 654. The van der Waals surface area contributed by atoms with Crippen molar-refractivity contribution in [3.8, 4) is 0 Å². The van der Waals surface area contributed by atoms with Crippen molar-refractivity contribution >= 4 is 33.2 Å². The molecule has 0 bridgehead atoms. The fourth-order valence-electron chi connectivity index (χ4n) is 1.73. The van der Waals surface area contributed by atoms with Crippen molar-refractivity contribution in [2.24, 2.45) is 10.9 Å². The third-order valence-corrected chi connectivity index (χ3v) is 3.83. The van der Waals surface area contributed by atoms with Crippen LogP contribution in [0.4, 0.5) is 4.39 Å². The Morgan fingerprint density at radius 2 is 2.25 bits per heavy atom. The molecular formula is C13H14FN3O2S. The van der Waals surface area contributed by atoms with Crippen molar-refractivity contribution in [1.82, 2.24) is 5.32 Å². The van der Waals surface area contributed by atoms with Crippen LogP contribution in [0.5, 0.6) is 0 Å². The molecule has 106 valence electrons. The molecule has 0 aliphatic rings. The summed E-state index contributed by atoms with van der Waals surface area (Å²) < 4.78 is 13.8. The summed E-state index contributed by atoms with van der Waals surface area (Å²) in [6.45, 7) is 0.428. The number of thiophene rings is 1. The molecule has 0 atom stereocenters. The molecule has 0 unspecified atom stereocenters. The van der Waals surface area contributed by atoms with Crippen LogP contribution >= 0.6 is 11.3 Å². The number of amidine groups is 1. The number of rotatable bonds is 5. The number of carbonyl (C=O) groups excluding carboxylic acids is 1. The van der Waals surface area contributed by atoms with E-state index in [1.165, 1.54) is 23.5 Å². The number of amides is 1. The van der Waals surface area contributed by atoms with Crippen LogP contribution in [0.15, 0.2) is 29.4 Å². The van der Waals surface area contributed by atoms with Gasteiger partial charge in [0.15, 0.2) is 0 Å². The first-order valence-electron chi connectivity index (χ1n) is 6.04. The molecule has 1 aromatic heterocycles. The number of hydrogen-bond acceptors (Lipinski definition) is 4. The van der Waals surface area contributed by atoms with E-state index in [1.807, 2.05) is 0 Å². The number of oxime groups is 1. The van der Waals surface area contributed by atoms with Crippen molar-refractivity contribution in [1.29, 1.82) is 0 Å². The van der Waals surface area contributed by atoms with Gasteiger partial charge in [0.05, 0.1) is 4.88 Å². The average molecular weight is 295 g/mol. The van der Waals surface area contributed by atoms with E-state index in [0.29, 0.717) is 24.3 Å². The average Bonchev–Trinajstić information content (AvgIpc) is 2.86. The van der Waals surface area contributed by atoms with Crippen LogP contribution in [-0.4, -0.2) is 23.5 Å². The number of benzene rings is 1. The minimum absolute atomic E-state index is 0.136. The van der Waals surface area contributed by atoms with Crippen LogP contribution in [-0.2, 0) is 0 Å². The van der Waals surface area contributed by atoms with Gasteiger partial charge in [-0.15, -0.1) is 11.3 Å². The lowest BCUT2D eigenvalue weighted by molar-refractivity contribution is 0.0957. The van der Waals surface area contributed by atoms with Crippen molar-refractivity contribution < 1.29 is 14.4 Å². The van der Waals surface area contributed by atoms with E-state index < -0.39 is 0 Å². The van der Waals surface area contributed by atoms with Gasteiger partial charge < -0.3 is 16.3 Å². The van der Waals surface area contributed by atoms with Gasteiger partial charge in [-0.25, -0.2) is 4.39 Å². The van der Waals surface area contributed by atoms with Crippen LogP contribution in [0.1, 0.15) is 22.5 Å². The minimum atomic E-state index is -0.315. The first-order chi connectivity index (χ1) is 9.60. The van der Waals surface area contributed by atoms with Gasteiger partial charge in [0, 0.05) is 17.7 Å². The van der Waals surface area contributed by atoms with Gasteiger partial charge in [-0.1, -0.05) is 11.2 Å². The predicted molar refractivity (Wildman–Crippen MR) is 76.8 cm³/mol. The summed E-state index contributed by atoms with van der Waals surface area (Å²) in [6.07, 6.45) is 0.996. The smallest absolute Gasteiger partial charge is 0.261 e. The van der Waals surface area contributed by atoms with E-state index in [9.17, 15) is 9.18 Å². The second-order valence-electron chi connectivity index (χ2n) is 4.24. The second-order valence-corrected chi connectivity index (χ2v) is 5.33. The fourth-order valence-corrected chi connectivity index (χ4v) is 2.73. The maximum absolute atomic E-state index is 13.1. The third kappa shape index (κ3) is 3.45. The molecule has 5 nitrogen and oxygen atoms in total. The van der Waals surface area contributed by atoms with Crippen LogP contribution in [0, 0.1) is 5.82 Å². The Kier molecular flexibility index (Phi) is 4.52. The van der Waals surface area contributed by atoms with Crippen molar-refractivity contribution in [2.45, 2.75) is 12.8 Å². The highest BCUT2D eigenvalue weighted by Gasteiger charge is 2.10. The van der Waals surface area contributed by atoms with E-state index in [-0.39, 0.29) is 17.6 Å². The molecule has 1 heterocycles. The summed E-state index contributed by atoms with van der Waals surface area (Å²) in [7, 11) is 0. The first-order valence-corrected chi connectivity index (χ1v) is 6.85. The molecule has 0 aliphatic heterocycles. The van der Waals surface area contributed by atoms with Crippen molar-refractivity contribution in [2.75, 3.05) is 6.54 Å². The van der Waals surface area contributed by atoms with E-state index >= 15 is 0 Å². The van der Waals surface area contributed by atoms with Gasteiger partial charge in [0.25, 0.3) is 5.91 Å². The highest BCUT2D eigenvalue weighted by atomic mass is 32.1. The largest absolute Gasteiger partial charge is 0.409 e. The van der Waals surface area contributed by atoms with Gasteiger partial charge in [-0.3, -0.25) is 4.79 Å². The molecule has 0 saturated carbocycles. The zero-order chi connectivity index (χ0) is 14.5. The first kappa shape index (κ1) is 14.3. The zero-order valence-electron chi connectivity index (χ0n) is 10.6. The maximum Gasteiger partial charge on any atom is 0.261 e. The molecule has 0 radical (unpaired) electrons. The number of fused-ring (bicyclic) bond motifs is 1. The van der Waals surface area contributed by atoms with Gasteiger partial charge in [0.2, 0.25) is 0 Å². The Labute approximate surface area is 118 Å². The van der Waals surface area contributed by atoms with Crippen molar-refractivity contribution in [3.05, 3.63) is 35.0 Å². The number of carbonyl (C=O) groups is 1. The third-order valence-electron chi connectivity index (χ3n) is 2.73. The van der Waals surface area contributed by atoms with Crippen molar-refractivity contribution in [3.63, 3.8) is 0 Å². The molecule has 0 fully saturated rings. The summed E-state index contributed by atoms with van der Waals surface area (Å²) in [5, 5.41) is 14.8. The van der Waals surface area contributed by atoms with E-state index in [0.717, 1.165) is 10.1 Å². The van der Waals surface area contributed by atoms with Crippen LogP contribution in [0.2, 0.25) is 0 Å². The zero-order valence-corrected chi connectivity index (χ0v) is 11.4. The predicted octanol–water partition coefficient (Wildman–Crippen LogP) is 2.30. The molecule has 0 aliphatic carbocycles. The lowest BCUT2D eigenvalue weighted by Crippen LogP contribution is -2.24. The van der Waals surface area contributed by atoms with E-state index in [1.54, 1.807) is 12.1 Å². The summed E-state index contributed by atoms with van der Waals surface area (Å²) in [5.41, 5.74) is 5.32. The van der Waals surface area contributed by atoms with Crippen LogP contribution < -0.4 is 11.1 Å². The summed E-state index contributed by atoms with van der Waals surface area (Å²) >= 11 is 1.25. The standard InChI is InChI=1S/C13H14FN3O2S/c14-9-4-3-8-6-11(20-10(8)7-9)13(18)16-5-1-2-12(15)17-19/h3-4,6-7,19H,1-2,5H2,(H2,15,17)(H,16,18).